The molecule has 0 saturated carbocycles. The van der Waals surface area contributed by atoms with Crippen molar-refractivity contribution in [2.45, 2.75) is 70.6 Å². The van der Waals surface area contributed by atoms with Crippen LogP contribution in [0.15, 0.2) is 30.3 Å². The van der Waals surface area contributed by atoms with Gasteiger partial charge in [0.15, 0.2) is 5.78 Å². The van der Waals surface area contributed by atoms with Crippen LogP contribution in [0.3, 0.4) is 0 Å². The minimum atomic E-state index is -2.43. The highest BCUT2D eigenvalue weighted by Gasteiger charge is 2.60. The van der Waals surface area contributed by atoms with E-state index in [0.29, 0.717) is 24.3 Å². The molecule has 0 aromatic heterocycles. The lowest BCUT2D eigenvalue weighted by Gasteiger charge is -2.44. The maximum atomic E-state index is 13.7. The number of hydrogen-bond acceptors (Lipinski definition) is 7. The smallest absolute Gasteiger partial charge is 0.338 e. The van der Waals surface area contributed by atoms with E-state index in [2.05, 4.69) is 5.32 Å². The molecule has 1 heterocycles. The third kappa shape index (κ3) is 5.31. The van der Waals surface area contributed by atoms with Crippen LogP contribution in [-0.2, 0) is 25.6 Å². The van der Waals surface area contributed by atoms with Gasteiger partial charge in [-0.25, -0.2) is 4.79 Å². The number of rotatable bonds is 10. The molecule has 2 amide bonds. The first kappa shape index (κ1) is 26.6. The molecular weight excluding hydrogens is 424 g/mol. The van der Waals surface area contributed by atoms with Gasteiger partial charge in [-0.15, -0.1) is 0 Å². The van der Waals surface area contributed by atoms with Crippen molar-refractivity contribution in [2.75, 3.05) is 6.54 Å². The number of carbonyl (C=O) groups is 4. The third-order valence-electron chi connectivity index (χ3n) is 6.33. The van der Waals surface area contributed by atoms with E-state index in [9.17, 15) is 24.3 Å². The Labute approximate surface area is 194 Å². The standard InChI is InChI=1S/C24H36N4O5/c1-14(2)19(26)22(31)28(21(30)17(25)13-16-9-6-5-7-10-16)24(15(3)4,23(32)33)20(29)18-11-8-12-27-18/h5-7,9-10,14-15,17-19,27H,8,11-13,25-26H2,1-4H3,(H,32,33). The van der Waals surface area contributed by atoms with Crippen molar-refractivity contribution in [3.05, 3.63) is 35.9 Å². The molecule has 2 rings (SSSR count). The highest BCUT2D eigenvalue weighted by atomic mass is 16.4. The fraction of sp³-hybridized carbons (Fsp3) is 0.583. The lowest BCUT2D eigenvalue weighted by molar-refractivity contribution is -0.176. The number of Topliss-reactive ketones (excluding diaryl/α,β-unsaturated/α-hetero) is 1. The lowest BCUT2D eigenvalue weighted by atomic mass is 9.76. The Balaban J connectivity index is 2.62. The van der Waals surface area contributed by atoms with E-state index >= 15 is 0 Å². The summed E-state index contributed by atoms with van der Waals surface area (Å²) in [4.78, 5) is 54.3. The fourth-order valence-corrected chi connectivity index (χ4v) is 4.29. The largest absolute Gasteiger partial charge is 0.479 e. The Hall–Kier alpha value is -2.62. The van der Waals surface area contributed by atoms with Crippen molar-refractivity contribution in [1.29, 1.82) is 0 Å². The summed E-state index contributed by atoms with van der Waals surface area (Å²) in [7, 11) is 0. The van der Waals surface area contributed by atoms with Gasteiger partial charge in [0.1, 0.15) is 0 Å². The van der Waals surface area contributed by atoms with Crippen LogP contribution in [-0.4, -0.2) is 63.8 Å². The molecule has 6 N–H and O–H groups in total. The SMILES string of the molecule is CC(C)C(N)C(=O)N(C(=O)C(N)Cc1ccccc1)C(C(=O)O)(C(=O)C1CCCN1)C(C)C. The van der Waals surface area contributed by atoms with Gasteiger partial charge in [0.05, 0.1) is 18.1 Å². The predicted octanol–water partition coefficient (Wildman–Crippen LogP) is 0.695. The molecule has 33 heavy (non-hydrogen) atoms. The Morgan fingerprint density at radius 3 is 2.15 bits per heavy atom. The quantitative estimate of drug-likeness (QED) is 0.372. The van der Waals surface area contributed by atoms with Crippen LogP contribution < -0.4 is 16.8 Å². The van der Waals surface area contributed by atoms with Crippen molar-refractivity contribution >= 4 is 23.6 Å². The highest BCUT2D eigenvalue weighted by Crippen LogP contribution is 2.32. The van der Waals surface area contributed by atoms with Crippen LogP contribution >= 0.6 is 0 Å². The first-order chi connectivity index (χ1) is 15.5. The summed E-state index contributed by atoms with van der Waals surface area (Å²) >= 11 is 0. The van der Waals surface area contributed by atoms with E-state index in [1.54, 1.807) is 38.1 Å². The second-order valence-corrected chi connectivity index (χ2v) is 9.32. The van der Waals surface area contributed by atoms with Crippen LogP contribution in [0.1, 0.15) is 46.1 Å². The van der Waals surface area contributed by atoms with E-state index in [4.69, 9.17) is 11.5 Å². The number of hydrogen-bond donors (Lipinski definition) is 4. The zero-order valence-corrected chi connectivity index (χ0v) is 19.8. The van der Waals surface area contributed by atoms with E-state index in [1.807, 2.05) is 6.07 Å². The first-order valence-electron chi connectivity index (χ1n) is 11.4. The molecule has 1 aliphatic rings. The van der Waals surface area contributed by atoms with Gasteiger partial charge in [-0.2, -0.15) is 0 Å². The Morgan fingerprint density at radius 2 is 1.70 bits per heavy atom. The summed E-state index contributed by atoms with van der Waals surface area (Å²) in [5, 5.41) is 13.4. The number of carboxylic acid groups (broad SMARTS) is 1. The molecule has 182 valence electrons. The van der Waals surface area contributed by atoms with Crippen molar-refractivity contribution in [3.63, 3.8) is 0 Å². The zero-order valence-electron chi connectivity index (χ0n) is 19.8. The Bertz CT molecular complexity index is 867. The van der Waals surface area contributed by atoms with Crippen molar-refractivity contribution in [2.24, 2.45) is 23.3 Å². The van der Waals surface area contributed by atoms with Gasteiger partial charge < -0.3 is 21.9 Å². The number of amides is 2. The van der Waals surface area contributed by atoms with Crippen LogP contribution in [0, 0.1) is 11.8 Å². The van der Waals surface area contributed by atoms with E-state index in [-0.39, 0.29) is 6.42 Å². The van der Waals surface area contributed by atoms with Crippen molar-refractivity contribution in [3.8, 4) is 0 Å². The number of ketones is 1. The third-order valence-corrected chi connectivity index (χ3v) is 6.33. The average Bonchev–Trinajstić information content (AvgIpc) is 3.30. The van der Waals surface area contributed by atoms with Crippen LogP contribution in [0.2, 0.25) is 0 Å². The number of nitrogens with zero attached hydrogens (tertiary/aromatic N) is 1. The van der Waals surface area contributed by atoms with Gasteiger partial charge in [0.2, 0.25) is 17.4 Å². The Kier molecular flexibility index (Phi) is 8.88. The van der Waals surface area contributed by atoms with Crippen molar-refractivity contribution in [1.82, 2.24) is 10.2 Å². The van der Waals surface area contributed by atoms with Crippen LogP contribution in [0.4, 0.5) is 0 Å². The second kappa shape index (κ2) is 11.0. The molecule has 9 nitrogen and oxygen atoms in total. The van der Waals surface area contributed by atoms with Gasteiger partial charge in [-0.05, 0) is 43.2 Å². The average molecular weight is 461 g/mol. The van der Waals surface area contributed by atoms with Crippen molar-refractivity contribution < 1.29 is 24.3 Å². The van der Waals surface area contributed by atoms with Crippen LogP contribution in [0.25, 0.3) is 0 Å². The molecule has 1 aromatic rings. The summed E-state index contributed by atoms with van der Waals surface area (Å²) in [6.45, 7) is 6.95. The zero-order chi connectivity index (χ0) is 24.9. The van der Waals surface area contributed by atoms with Gasteiger partial charge in [0.25, 0.3) is 0 Å². The topological polar surface area (TPSA) is 156 Å². The van der Waals surface area contributed by atoms with E-state index in [0.717, 1.165) is 5.56 Å². The fourth-order valence-electron chi connectivity index (χ4n) is 4.29. The lowest BCUT2D eigenvalue weighted by Crippen LogP contribution is -2.73. The number of nitrogens with one attached hydrogen (secondary N) is 1. The number of aliphatic carboxylic acids is 1. The second-order valence-electron chi connectivity index (χ2n) is 9.32. The van der Waals surface area contributed by atoms with Gasteiger partial charge in [-0.3, -0.25) is 19.3 Å². The first-order valence-corrected chi connectivity index (χ1v) is 11.4. The summed E-state index contributed by atoms with van der Waals surface area (Å²) in [6, 6.07) is 5.74. The molecule has 0 radical (unpaired) electrons. The predicted molar refractivity (Wildman–Crippen MR) is 124 cm³/mol. The number of benzene rings is 1. The monoisotopic (exact) mass is 460 g/mol. The molecule has 1 aromatic carbocycles. The van der Waals surface area contributed by atoms with Gasteiger partial charge in [0, 0.05) is 0 Å². The summed E-state index contributed by atoms with van der Waals surface area (Å²) < 4.78 is 0. The maximum Gasteiger partial charge on any atom is 0.338 e. The summed E-state index contributed by atoms with van der Waals surface area (Å²) in [6.07, 6.45) is 1.18. The minimum absolute atomic E-state index is 0.0734. The summed E-state index contributed by atoms with van der Waals surface area (Å²) in [5.74, 6) is -5.45. The molecule has 0 spiro atoms. The molecule has 4 atom stereocenters. The number of imide groups is 1. The number of nitrogens with two attached hydrogens (primary N) is 2. The molecule has 0 aliphatic carbocycles. The molecule has 1 saturated heterocycles. The van der Waals surface area contributed by atoms with Gasteiger partial charge in [-0.1, -0.05) is 58.0 Å². The maximum absolute atomic E-state index is 13.7. The molecule has 1 fully saturated rings. The van der Waals surface area contributed by atoms with E-state index < -0.39 is 59.1 Å². The Morgan fingerprint density at radius 1 is 1.09 bits per heavy atom. The molecule has 4 unspecified atom stereocenters. The normalized spacial score (nSPS) is 19.7. The van der Waals surface area contributed by atoms with Crippen LogP contribution in [0.5, 0.6) is 0 Å². The molecule has 0 bridgehead atoms. The minimum Gasteiger partial charge on any atom is -0.479 e. The molecular formula is C24H36N4O5. The number of carbonyl (C=O) groups excluding carboxylic acids is 3. The molecule has 1 aliphatic heterocycles. The van der Waals surface area contributed by atoms with Gasteiger partial charge >= 0.3 is 5.97 Å². The van der Waals surface area contributed by atoms with E-state index in [1.165, 1.54) is 13.8 Å². The molecule has 9 heteroatoms. The summed E-state index contributed by atoms with van der Waals surface area (Å²) in [5.41, 5.74) is 10.6. The number of carboxylic acids is 1. The highest BCUT2D eigenvalue weighted by molar-refractivity contribution is 6.18.